The zero-order valence-corrected chi connectivity index (χ0v) is 40.3. The van der Waals surface area contributed by atoms with Crippen molar-refractivity contribution >= 4 is 22.1 Å². The standard InChI is InChI=1S/C49H94O12S/c1-3-5-7-9-11-13-15-17-19-21-23-25-27-29-31-33-35-37-44(50)58-39-42(40-59-49-48(54)47(53)46(52)43(61-49)41-62(55,56)57)60-45(51)38-36-34-32-30-28-26-24-22-20-18-16-14-12-10-8-6-4-2/h42-43,46-49,52-54H,3-41H2,1-2H3,(H,55,56,57). The Hall–Kier alpha value is -1.35. The van der Waals surface area contributed by atoms with E-state index >= 15 is 0 Å². The molecule has 13 heteroatoms. The van der Waals surface area contributed by atoms with Gasteiger partial charge in [0.15, 0.2) is 12.4 Å². The van der Waals surface area contributed by atoms with Crippen LogP contribution in [0.15, 0.2) is 0 Å². The van der Waals surface area contributed by atoms with Gasteiger partial charge in [0, 0.05) is 12.8 Å². The lowest BCUT2D eigenvalue weighted by atomic mass is 10.00. The number of hydrogen-bond acceptors (Lipinski definition) is 11. The van der Waals surface area contributed by atoms with Crippen LogP contribution in [0.2, 0.25) is 0 Å². The largest absolute Gasteiger partial charge is 0.462 e. The fourth-order valence-corrected chi connectivity index (χ4v) is 8.90. The van der Waals surface area contributed by atoms with E-state index in [0.717, 1.165) is 38.5 Å². The van der Waals surface area contributed by atoms with Crippen molar-refractivity contribution in [2.75, 3.05) is 19.0 Å². The van der Waals surface area contributed by atoms with E-state index in [2.05, 4.69) is 13.8 Å². The molecule has 0 aromatic rings. The van der Waals surface area contributed by atoms with Gasteiger partial charge in [-0.15, -0.1) is 0 Å². The summed E-state index contributed by atoms with van der Waals surface area (Å²) < 4.78 is 54.2. The number of ether oxygens (including phenoxy) is 4. The summed E-state index contributed by atoms with van der Waals surface area (Å²) in [5.41, 5.74) is 0. The van der Waals surface area contributed by atoms with Crippen molar-refractivity contribution in [3.05, 3.63) is 0 Å². The molecule has 0 aromatic heterocycles. The lowest BCUT2D eigenvalue weighted by Crippen LogP contribution is -2.60. The quantitative estimate of drug-likeness (QED) is 0.0258. The van der Waals surface area contributed by atoms with Gasteiger partial charge in [0.25, 0.3) is 10.1 Å². The maximum absolute atomic E-state index is 12.9. The number of aliphatic hydroxyl groups is 3. The van der Waals surface area contributed by atoms with Crippen LogP contribution >= 0.6 is 0 Å². The Labute approximate surface area is 378 Å². The first-order chi connectivity index (χ1) is 30.0. The minimum Gasteiger partial charge on any atom is -0.462 e. The molecule has 6 unspecified atom stereocenters. The van der Waals surface area contributed by atoms with Crippen molar-refractivity contribution in [2.45, 2.75) is 282 Å². The smallest absolute Gasteiger partial charge is 0.306 e. The third-order valence-electron chi connectivity index (χ3n) is 12.2. The van der Waals surface area contributed by atoms with Gasteiger partial charge in [0.2, 0.25) is 0 Å². The lowest BCUT2D eigenvalue weighted by Gasteiger charge is -2.40. The maximum Gasteiger partial charge on any atom is 0.306 e. The van der Waals surface area contributed by atoms with E-state index in [-0.39, 0.29) is 19.4 Å². The Morgan fingerprint density at radius 3 is 1.18 bits per heavy atom. The minimum absolute atomic E-state index is 0.173. The molecule has 62 heavy (non-hydrogen) atoms. The molecule has 0 spiro atoms. The van der Waals surface area contributed by atoms with E-state index < -0.39 is 71.2 Å². The fraction of sp³-hybridized carbons (Fsp3) is 0.959. The predicted molar refractivity (Wildman–Crippen MR) is 247 cm³/mol. The Kier molecular flexibility index (Phi) is 37.8. The van der Waals surface area contributed by atoms with Crippen LogP contribution in [0.25, 0.3) is 0 Å². The van der Waals surface area contributed by atoms with Gasteiger partial charge in [0.1, 0.15) is 36.8 Å². The van der Waals surface area contributed by atoms with E-state index in [1.807, 2.05) is 0 Å². The minimum atomic E-state index is -4.60. The van der Waals surface area contributed by atoms with Crippen LogP contribution in [0.1, 0.15) is 245 Å². The molecule has 0 aromatic carbocycles. The van der Waals surface area contributed by atoms with Crippen LogP contribution in [-0.4, -0.2) is 96.0 Å². The number of esters is 2. The van der Waals surface area contributed by atoms with E-state index in [4.69, 9.17) is 18.9 Å². The van der Waals surface area contributed by atoms with Gasteiger partial charge in [-0.25, -0.2) is 0 Å². The lowest BCUT2D eigenvalue weighted by molar-refractivity contribution is -0.297. The highest BCUT2D eigenvalue weighted by molar-refractivity contribution is 7.85. The van der Waals surface area contributed by atoms with Crippen LogP contribution in [0.4, 0.5) is 0 Å². The Balaban J connectivity index is 2.36. The molecule has 1 fully saturated rings. The molecule has 6 atom stereocenters. The number of carbonyl (C=O) groups excluding carboxylic acids is 2. The number of carbonyl (C=O) groups is 2. The van der Waals surface area contributed by atoms with E-state index in [9.17, 15) is 37.9 Å². The molecule has 0 bridgehead atoms. The van der Waals surface area contributed by atoms with E-state index in [1.54, 1.807) is 0 Å². The Morgan fingerprint density at radius 2 is 0.823 bits per heavy atom. The second-order valence-corrected chi connectivity index (χ2v) is 19.7. The molecule has 1 heterocycles. The first kappa shape index (κ1) is 58.7. The van der Waals surface area contributed by atoms with Crippen molar-refractivity contribution < 1.29 is 56.8 Å². The molecule has 0 aliphatic carbocycles. The van der Waals surface area contributed by atoms with Crippen molar-refractivity contribution in [1.82, 2.24) is 0 Å². The van der Waals surface area contributed by atoms with Gasteiger partial charge in [-0.3, -0.25) is 14.1 Å². The number of rotatable bonds is 44. The first-order valence-electron chi connectivity index (χ1n) is 25.6. The summed E-state index contributed by atoms with van der Waals surface area (Å²) in [6.45, 7) is 3.81. The van der Waals surface area contributed by atoms with Gasteiger partial charge in [-0.05, 0) is 12.8 Å². The average molecular weight is 907 g/mol. The van der Waals surface area contributed by atoms with E-state index in [0.29, 0.717) is 12.8 Å². The average Bonchev–Trinajstić information content (AvgIpc) is 3.24. The summed E-state index contributed by atoms with van der Waals surface area (Å²) in [6.07, 6.45) is 32.8. The third-order valence-corrected chi connectivity index (χ3v) is 12.9. The molecule has 12 nitrogen and oxygen atoms in total. The molecule has 1 aliphatic rings. The first-order valence-corrected chi connectivity index (χ1v) is 27.2. The summed E-state index contributed by atoms with van der Waals surface area (Å²) in [5.74, 6) is -1.96. The van der Waals surface area contributed by atoms with Gasteiger partial charge in [-0.2, -0.15) is 8.42 Å². The molecule has 0 radical (unpaired) electrons. The second-order valence-electron chi connectivity index (χ2n) is 18.2. The Morgan fingerprint density at radius 1 is 0.484 bits per heavy atom. The van der Waals surface area contributed by atoms with Gasteiger partial charge < -0.3 is 34.3 Å². The topological polar surface area (TPSA) is 186 Å². The monoisotopic (exact) mass is 907 g/mol. The summed E-state index contributed by atoms with van der Waals surface area (Å²) >= 11 is 0. The van der Waals surface area contributed by atoms with Crippen LogP contribution in [-0.2, 0) is 38.7 Å². The SMILES string of the molecule is CCCCCCCCCCCCCCCCCCCC(=O)OCC(COC1OC(CS(=O)(=O)O)C(O)C(O)C1O)OC(=O)CCCCCCCCCCCCCCCCCCC. The van der Waals surface area contributed by atoms with Crippen LogP contribution in [0.3, 0.4) is 0 Å². The van der Waals surface area contributed by atoms with E-state index in [1.165, 1.54) is 167 Å². The number of aliphatic hydroxyl groups excluding tert-OH is 3. The van der Waals surface area contributed by atoms with Crippen molar-refractivity contribution in [3.63, 3.8) is 0 Å². The van der Waals surface area contributed by atoms with Gasteiger partial charge >= 0.3 is 11.9 Å². The molecular weight excluding hydrogens is 813 g/mol. The number of unbranched alkanes of at least 4 members (excludes halogenated alkanes) is 32. The second kappa shape index (κ2) is 40.0. The number of hydrogen-bond donors (Lipinski definition) is 4. The van der Waals surface area contributed by atoms with Gasteiger partial charge in [0.05, 0.1) is 6.61 Å². The zero-order chi connectivity index (χ0) is 45.5. The normalized spacial score (nSPS) is 19.7. The van der Waals surface area contributed by atoms with Crippen molar-refractivity contribution in [2.24, 2.45) is 0 Å². The predicted octanol–water partition coefficient (Wildman–Crippen LogP) is 11.2. The van der Waals surface area contributed by atoms with Crippen LogP contribution in [0, 0.1) is 0 Å². The molecule has 1 aliphatic heterocycles. The van der Waals surface area contributed by atoms with Gasteiger partial charge in [-0.1, -0.05) is 219 Å². The Bertz CT molecular complexity index is 1150. The highest BCUT2D eigenvalue weighted by atomic mass is 32.2. The van der Waals surface area contributed by atoms with Crippen molar-refractivity contribution in [3.8, 4) is 0 Å². The van der Waals surface area contributed by atoms with Crippen LogP contribution < -0.4 is 0 Å². The summed E-state index contributed by atoms with van der Waals surface area (Å²) in [4.78, 5) is 25.5. The van der Waals surface area contributed by atoms with Crippen molar-refractivity contribution in [1.29, 1.82) is 0 Å². The highest BCUT2D eigenvalue weighted by Crippen LogP contribution is 2.24. The molecular formula is C49H94O12S. The molecule has 368 valence electrons. The van der Waals surface area contributed by atoms with Crippen LogP contribution in [0.5, 0.6) is 0 Å². The summed E-state index contributed by atoms with van der Waals surface area (Å²) in [5, 5.41) is 31.0. The zero-order valence-electron chi connectivity index (χ0n) is 39.5. The third kappa shape index (κ3) is 34.1. The summed E-state index contributed by atoms with van der Waals surface area (Å²) in [6, 6.07) is 0. The molecule has 4 N–H and O–H groups in total. The molecule has 0 saturated carbocycles. The molecule has 1 saturated heterocycles. The highest BCUT2D eigenvalue weighted by Gasteiger charge is 2.46. The maximum atomic E-state index is 12.9. The fourth-order valence-electron chi connectivity index (χ4n) is 8.21. The molecule has 1 rings (SSSR count). The molecule has 0 amide bonds. The summed E-state index contributed by atoms with van der Waals surface area (Å²) in [7, 11) is -4.60.